The highest BCUT2D eigenvalue weighted by atomic mass is 16.5. The molecule has 2 N–H and O–H groups in total. The van der Waals surface area contributed by atoms with Crippen molar-refractivity contribution in [3.63, 3.8) is 0 Å². The van der Waals surface area contributed by atoms with Crippen LogP contribution in [0.5, 0.6) is 0 Å². The fourth-order valence-corrected chi connectivity index (χ4v) is 1.34. The lowest BCUT2D eigenvalue weighted by molar-refractivity contribution is 0.333. The number of nitrogens with zero attached hydrogens (tertiary/aromatic N) is 1. The summed E-state index contributed by atoms with van der Waals surface area (Å²) in [4.78, 5) is 4.18. The molecular weight excluding hydrogens is 164 g/mol. The minimum absolute atomic E-state index is 0.205. The molecule has 1 aromatic rings. The molecule has 1 aromatic carbocycles. The quantitative estimate of drug-likeness (QED) is 0.733. The molecule has 1 aliphatic rings. The summed E-state index contributed by atoms with van der Waals surface area (Å²) in [6.45, 7) is 1.39. The van der Waals surface area contributed by atoms with Gasteiger partial charge in [-0.3, -0.25) is 4.99 Å². The van der Waals surface area contributed by atoms with Gasteiger partial charge in [0.05, 0.1) is 6.54 Å². The van der Waals surface area contributed by atoms with Gasteiger partial charge in [-0.1, -0.05) is 30.3 Å². The van der Waals surface area contributed by atoms with Gasteiger partial charge in [0.1, 0.15) is 12.6 Å². The Morgan fingerprint density at radius 1 is 1.31 bits per heavy atom. The molecule has 0 spiro atoms. The Morgan fingerprint density at radius 3 is 2.69 bits per heavy atom. The first-order valence-corrected chi connectivity index (χ1v) is 4.35. The van der Waals surface area contributed by atoms with Gasteiger partial charge in [-0.15, -0.1) is 0 Å². The van der Waals surface area contributed by atoms with Gasteiger partial charge in [-0.25, -0.2) is 0 Å². The van der Waals surface area contributed by atoms with Gasteiger partial charge in [0.25, 0.3) is 0 Å². The molecule has 1 aliphatic heterocycles. The summed E-state index contributed by atoms with van der Waals surface area (Å²) >= 11 is 0. The summed E-state index contributed by atoms with van der Waals surface area (Å²) < 4.78 is 5.29. The van der Waals surface area contributed by atoms with Gasteiger partial charge in [0, 0.05) is 0 Å². The third-order valence-corrected chi connectivity index (χ3v) is 2.03. The maximum absolute atomic E-state index is 5.94. The largest absolute Gasteiger partial charge is 0.478 e. The molecule has 2 rings (SSSR count). The summed E-state index contributed by atoms with van der Waals surface area (Å²) in [5, 5.41) is 0. The second kappa shape index (κ2) is 3.58. The topological polar surface area (TPSA) is 47.6 Å². The van der Waals surface area contributed by atoms with Crippen LogP contribution in [-0.4, -0.2) is 19.0 Å². The molecule has 3 heteroatoms. The van der Waals surface area contributed by atoms with Crippen molar-refractivity contribution in [2.45, 2.75) is 6.04 Å². The van der Waals surface area contributed by atoms with Gasteiger partial charge >= 0.3 is 0 Å². The number of benzene rings is 1. The minimum atomic E-state index is -0.205. The first-order valence-electron chi connectivity index (χ1n) is 4.35. The highest BCUT2D eigenvalue weighted by Crippen LogP contribution is 2.14. The van der Waals surface area contributed by atoms with E-state index < -0.39 is 0 Å². The molecule has 0 radical (unpaired) electrons. The van der Waals surface area contributed by atoms with Gasteiger partial charge in [0.15, 0.2) is 0 Å². The van der Waals surface area contributed by atoms with Crippen LogP contribution in [0.4, 0.5) is 0 Å². The fourth-order valence-electron chi connectivity index (χ4n) is 1.34. The molecule has 0 saturated heterocycles. The van der Waals surface area contributed by atoms with Crippen LogP contribution in [0.15, 0.2) is 35.3 Å². The second-order valence-corrected chi connectivity index (χ2v) is 2.96. The first-order chi connectivity index (χ1) is 6.38. The van der Waals surface area contributed by atoms with Crippen LogP contribution < -0.4 is 5.73 Å². The van der Waals surface area contributed by atoms with Crippen LogP contribution in [0, 0.1) is 0 Å². The predicted octanol–water partition coefficient (Wildman–Crippen LogP) is 1.12. The average Bonchev–Trinajstić information content (AvgIpc) is 2.71. The van der Waals surface area contributed by atoms with E-state index in [0.29, 0.717) is 12.5 Å². The highest BCUT2D eigenvalue weighted by Gasteiger charge is 2.17. The van der Waals surface area contributed by atoms with Crippen molar-refractivity contribution >= 4 is 5.90 Å². The lowest BCUT2D eigenvalue weighted by atomic mass is 10.1. The van der Waals surface area contributed by atoms with Gasteiger partial charge in [-0.05, 0) is 5.56 Å². The predicted molar refractivity (Wildman–Crippen MR) is 51.6 cm³/mol. The number of aliphatic imine (C=N–C) groups is 1. The Balaban J connectivity index is 2.17. The zero-order chi connectivity index (χ0) is 9.10. The summed E-state index contributed by atoms with van der Waals surface area (Å²) in [5.41, 5.74) is 6.99. The van der Waals surface area contributed by atoms with Crippen molar-refractivity contribution in [3.05, 3.63) is 35.9 Å². The van der Waals surface area contributed by atoms with E-state index in [0.717, 1.165) is 12.1 Å². The molecule has 0 fully saturated rings. The van der Waals surface area contributed by atoms with E-state index in [4.69, 9.17) is 10.5 Å². The summed E-state index contributed by atoms with van der Waals surface area (Å²) in [7, 11) is 0. The zero-order valence-corrected chi connectivity index (χ0v) is 7.31. The Labute approximate surface area is 77.2 Å². The molecule has 1 atom stereocenters. The minimum Gasteiger partial charge on any atom is -0.478 e. The van der Waals surface area contributed by atoms with Crippen LogP contribution in [-0.2, 0) is 4.74 Å². The van der Waals surface area contributed by atoms with E-state index in [-0.39, 0.29) is 6.04 Å². The Hall–Kier alpha value is -1.35. The maximum atomic E-state index is 5.94. The Bertz CT molecular complexity index is 308. The van der Waals surface area contributed by atoms with Crippen LogP contribution in [0.1, 0.15) is 11.6 Å². The average molecular weight is 176 g/mol. The van der Waals surface area contributed by atoms with Crippen molar-refractivity contribution in [3.8, 4) is 0 Å². The molecule has 0 saturated carbocycles. The van der Waals surface area contributed by atoms with Crippen molar-refractivity contribution in [2.24, 2.45) is 10.7 Å². The molecule has 3 nitrogen and oxygen atoms in total. The molecule has 68 valence electrons. The monoisotopic (exact) mass is 176 g/mol. The van der Waals surface area contributed by atoms with E-state index in [1.54, 1.807) is 0 Å². The summed E-state index contributed by atoms with van der Waals surface area (Å²) in [5.74, 6) is 0.659. The number of ether oxygens (including phenoxy) is 1. The zero-order valence-electron chi connectivity index (χ0n) is 7.31. The fraction of sp³-hybridized carbons (Fsp3) is 0.300. The van der Waals surface area contributed by atoms with E-state index in [1.165, 1.54) is 0 Å². The van der Waals surface area contributed by atoms with Crippen LogP contribution >= 0.6 is 0 Å². The van der Waals surface area contributed by atoms with E-state index in [2.05, 4.69) is 4.99 Å². The number of nitrogens with two attached hydrogens (primary N) is 1. The SMILES string of the molecule is NC(C1=NCCO1)c1ccccc1. The lowest BCUT2D eigenvalue weighted by Gasteiger charge is -2.10. The van der Waals surface area contributed by atoms with Crippen molar-refractivity contribution in [2.75, 3.05) is 13.2 Å². The molecule has 0 bridgehead atoms. The smallest absolute Gasteiger partial charge is 0.205 e. The molecule has 0 amide bonds. The molecule has 0 aliphatic carbocycles. The molecule has 0 aromatic heterocycles. The first kappa shape index (κ1) is 8.26. The Morgan fingerprint density at radius 2 is 2.08 bits per heavy atom. The summed E-state index contributed by atoms with van der Waals surface area (Å²) in [6, 6.07) is 9.65. The van der Waals surface area contributed by atoms with Crippen molar-refractivity contribution < 1.29 is 4.74 Å². The van der Waals surface area contributed by atoms with Gasteiger partial charge in [-0.2, -0.15) is 0 Å². The van der Waals surface area contributed by atoms with Crippen LogP contribution in [0.25, 0.3) is 0 Å². The number of hydrogen-bond acceptors (Lipinski definition) is 3. The number of rotatable bonds is 2. The molecule has 1 heterocycles. The van der Waals surface area contributed by atoms with Crippen molar-refractivity contribution in [1.29, 1.82) is 0 Å². The lowest BCUT2D eigenvalue weighted by Crippen LogP contribution is -2.21. The highest BCUT2D eigenvalue weighted by molar-refractivity contribution is 5.84. The van der Waals surface area contributed by atoms with Crippen molar-refractivity contribution in [1.82, 2.24) is 0 Å². The maximum Gasteiger partial charge on any atom is 0.205 e. The molecular formula is C10H12N2O. The van der Waals surface area contributed by atoms with Gasteiger partial charge in [0.2, 0.25) is 5.90 Å². The van der Waals surface area contributed by atoms with Gasteiger partial charge < -0.3 is 10.5 Å². The Kier molecular flexibility index (Phi) is 2.27. The summed E-state index contributed by atoms with van der Waals surface area (Å²) in [6.07, 6.45) is 0. The third-order valence-electron chi connectivity index (χ3n) is 2.03. The second-order valence-electron chi connectivity index (χ2n) is 2.96. The normalized spacial score (nSPS) is 17.8. The van der Waals surface area contributed by atoms with E-state index in [9.17, 15) is 0 Å². The third kappa shape index (κ3) is 1.70. The van der Waals surface area contributed by atoms with E-state index >= 15 is 0 Å². The van der Waals surface area contributed by atoms with E-state index in [1.807, 2.05) is 30.3 Å². The molecule has 1 unspecified atom stereocenters. The van der Waals surface area contributed by atoms with Crippen LogP contribution in [0.2, 0.25) is 0 Å². The number of hydrogen-bond donors (Lipinski definition) is 1. The van der Waals surface area contributed by atoms with Crippen LogP contribution in [0.3, 0.4) is 0 Å². The molecule has 13 heavy (non-hydrogen) atoms. The standard InChI is InChI=1S/C10H12N2O/c11-9(10-12-6-7-13-10)8-4-2-1-3-5-8/h1-5,9H,6-7,11H2.